The summed E-state index contributed by atoms with van der Waals surface area (Å²) in [5.41, 5.74) is 26.6. The predicted molar refractivity (Wildman–Crippen MR) is 550 cm³/mol. The third kappa shape index (κ3) is 40.1. The van der Waals surface area contributed by atoms with Gasteiger partial charge in [-0.2, -0.15) is 13.2 Å². The minimum atomic E-state index is -4.32. The van der Waals surface area contributed by atoms with E-state index in [9.17, 15) is 22.0 Å². The van der Waals surface area contributed by atoms with Crippen molar-refractivity contribution in [3.8, 4) is 135 Å². The van der Waals surface area contributed by atoms with Gasteiger partial charge >= 0.3 is 6.18 Å². The van der Waals surface area contributed by atoms with E-state index in [0.29, 0.717) is 11.3 Å². The molecule has 0 aliphatic rings. The summed E-state index contributed by atoms with van der Waals surface area (Å²) in [6, 6.07) is 163. The van der Waals surface area contributed by atoms with Crippen LogP contribution in [0.25, 0.3) is 145 Å². The summed E-state index contributed by atoms with van der Waals surface area (Å²) in [6.45, 7) is 6.19. The number of fused-ring (bicyclic) bond motifs is 1. The van der Waals surface area contributed by atoms with Crippen molar-refractivity contribution in [3.63, 3.8) is 0 Å². The summed E-state index contributed by atoms with van der Waals surface area (Å²) in [7, 11) is 0. The van der Waals surface area contributed by atoms with Crippen LogP contribution in [0.4, 0.5) is 22.0 Å². The van der Waals surface area contributed by atoms with Gasteiger partial charge in [0.2, 0.25) is 0 Å². The molecule has 9 radical (unpaired) electrons. The second-order valence-electron chi connectivity index (χ2n) is 30.8. The van der Waals surface area contributed by atoms with E-state index in [1.54, 1.807) is 79.9 Å². The molecule has 13 aromatic carbocycles. The van der Waals surface area contributed by atoms with E-state index in [2.05, 4.69) is 205 Å². The van der Waals surface area contributed by atoms with E-state index in [1.807, 2.05) is 279 Å². The second kappa shape index (κ2) is 68.6. The van der Waals surface area contributed by atoms with Crippen molar-refractivity contribution in [2.75, 3.05) is 0 Å². The average Bonchev–Trinajstić information content (AvgIpc) is 0.805. The molecule has 0 atom stereocenters. The Morgan fingerprint density at radius 2 is 0.581 bits per heavy atom. The summed E-state index contributed by atoms with van der Waals surface area (Å²) in [6.07, 6.45) is 11.5. The smallest absolute Gasteiger partial charge is 0.305 e. The molecule has 0 bridgehead atoms. The van der Waals surface area contributed by atoms with Gasteiger partial charge in [0.05, 0.1) is 0 Å². The third-order valence-corrected chi connectivity index (χ3v) is 20.9. The molecule has 759 valence electrons. The Morgan fingerprint density at radius 1 is 0.216 bits per heavy atom. The first kappa shape index (κ1) is 126. The maximum Gasteiger partial charge on any atom is 0.381 e. The summed E-state index contributed by atoms with van der Waals surface area (Å²) in [4.78, 5) is 38.4. The molecule has 22 aromatic rings. The summed E-state index contributed by atoms with van der Waals surface area (Å²) in [5.74, 6) is -0.561. The molecule has 0 N–H and O–H groups in total. The number of aryl methyl sites for hydroxylation is 3. The largest absolute Gasteiger partial charge is 0.381 e. The summed E-state index contributed by atoms with van der Waals surface area (Å²) >= 11 is 0. The molecule has 0 fully saturated rings. The Hall–Kier alpha value is -12.0. The van der Waals surface area contributed by atoms with Gasteiger partial charge in [0, 0.05) is 248 Å². The van der Waals surface area contributed by atoms with Gasteiger partial charge in [0.15, 0.2) is 0 Å². The molecule has 23 heteroatoms. The zero-order valence-electron chi connectivity index (χ0n) is 79.1. The van der Waals surface area contributed by atoms with Crippen LogP contribution in [-0.2, 0) is 187 Å². The molecule has 9 aromatic heterocycles. The number of hydrogen-bond donors (Lipinski definition) is 0. The van der Waals surface area contributed by atoms with Gasteiger partial charge in [-0.1, -0.05) is 255 Å². The molecule has 0 spiro atoms. The maximum atomic E-state index is 12.9. The van der Waals surface area contributed by atoms with Crippen molar-refractivity contribution in [3.05, 3.63) is 575 Å². The fraction of sp³-hybridized carbons (Fsp3) is 0.0320. The number of nitrogens with zero attached hydrogens (tertiary/aromatic N) is 9. The Labute approximate surface area is 984 Å². The molecule has 0 saturated carbocycles. The SMILES string of the molecule is Cc1c[c-]c(-c2ccccn2)cc1.Cc1cc[c-]c(-c2ccccn2)c1.Cc1ccc[c-]c1-c1ccccn1.FC(F)(F)c1c[c-]c(-c2ccccn2)cc1.Fc1c[c-]c(-c2ccccn2)cc1.Fc1c[c-]c(-c2nccc3ccccc23)cc1.[Ir].[Ir].[Ir].[Ir].[Ir].[Ir].[Ir].[Ir].[Ir].[c-]1cc(-c2ccccc2)ccc1-c1ccccn1.[c-]1ccc(-c2ccccc2)cc1-c1ccccn1.[c-]1cccc(-c2ccccc2)c1-c1ccccn1. The molecule has 0 aliphatic carbocycles. The minimum Gasteiger partial charge on any atom is -0.305 e. The number of halogens is 5. The quantitative estimate of drug-likeness (QED) is 0.0871. The Balaban J connectivity index is 0.000000291. The molecular formula is C125H89F5Ir9N9-9. The van der Waals surface area contributed by atoms with Crippen LogP contribution in [-0.4, -0.2) is 44.9 Å². The molecule has 9 nitrogen and oxygen atoms in total. The minimum absolute atomic E-state index is 0. The third-order valence-electron chi connectivity index (χ3n) is 20.9. The van der Waals surface area contributed by atoms with Crippen LogP contribution in [0.15, 0.2) is 486 Å². The molecule has 0 saturated heterocycles. The van der Waals surface area contributed by atoms with Crippen molar-refractivity contribution in [2.45, 2.75) is 26.9 Å². The zero-order valence-corrected chi connectivity index (χ0v) is 101. The van der Waals surface area contributed by atoms with E-state index >= 15 is 0 Å². The van der Waals surface area contributed by atoms with Gasteiger partial charge < -0.3 is 44.9 Å². The molecular weight excluding hydrogens is 3450 g/mol. The monoisotopic (exact) mass is 3550 g/mol. The van der Waals surface area contributed by atoms with Crippen LogP contribution in [0.5, 0.6) is 0 Å². The van der Waals surface area contributed by atoms with E-state index in [-0.39, 0.29) is 193 Å². The fourth-order valence-electron chi connectivity index (χ4n) is 13.9. The number of benzene rings is 13. The number of aromatic nitrogens is 9. The second-order valence-corrected chi connectivity index (χ2v) is 30.8. The van der Waals surface area contributed by atoms with Crippen molar-refractivity contribution in [1.29, 1.82) is 0 Å². The van der Waals surface area contributed by atoms with Crippen LogP contribution in [0.1, 0.15) is 22.3 Å². The maximum absolute atomic E-state index is 12.9. The van der Waals surface area contributed by atoms with E-state index in [0.717, 1.165) is 119 Å². The molecule has 9 heterocycles. The van der Waals surface area contributed by atoms with Gasteiger partial charge in [0.25, 0.3) is 0 Å². The molecule has 0 aliphatic heterocycles. The van der Waals surface area contributed by atoms with E-state index < -0.39 is 11.7 Å². The van der Waals surface area contributed by atoms with E-state index in [4.69, 9.17) is 0 Å². The van der Waals surface area contributed by atoms with Crippen LogP contribution in [0, 0.1) is 87.0 Å². The zero-order chi connectivity index (χ0) is 96.3. The Kier molecular flexibility index (Phi) is 58.6. The predicted octanol–water partition coefficient (Wildman–Crippen LogP) is 31.3. The fourth-order valence-corrected chi connectivity index (χ4v) is 13.9. The van der Waals surface area contributed by atoms with Crippen molar-refractivity contribution in [2.24, 2.45) is 0 Å². The average molecular weight is 3540 g/mol. The van der Waals surface area contributed by atoms with Crippen LogP contribution >= 0.6 is 0 Å². The van der Waals surface area contributed by atoms with Gasteiger partial charge in [-0.15, -0.1) is 291 Å². The van der Waals surface area contributed by atoms with Gasteiger partial charge in [-0.3, -0.25) is 8.78 Å². The van der Waals surface area contributed by atoms with Crippen LogP contribution in [0.3, 0.4) is 0 Å². The van der Waals surface area contributed by atoms with Gasteiger partial charge in [0.1, 0.15) is 0 Å². The van der Waals surface area contributed by atoms with Gasteiger partial charge in [-0.05, 0) is 128 Å². The summed E-state index contributed by atoms with van der Waals surface area (Å²) < 4.78 is 62.3. The van der Waals surface area contributed by atoms with Crippen molar-refractivity contribution >= 4 is 10.8 Å². The molecule has 0 unspecified atom stereocenters. The number of rotatable bonds is 12. The van der Waals surface area contributed by atoms with Crippen LogP contribution < -0.4 is 0 Å². The molecule has 0 amide bonds. The topological polar surface area (TPSA) is 116 Å². The number of pyridine rings is 9. The first-order valence-electron chi connectivity index (χ1n) is 44.4. The number of hydrogen-bond acceptors (Lipinski definition) is 9. The van der Waals surface area contributed by atoms with Crippen molar-refractivity contribution in [1.82, 2.24) is 44.9 Å². The van der Waals surface area contributed by atoms with Gasteiger partial charge in [-0.25, -0.2) is 0 Å². The Bertz CT molecular complexity index is 7140. The van der Waals surface area contributed by atoms with Crippen molar-refractivity contribution < 1.29 is 203 Å². The summed E-state index contributed by atoms with van der Waals surface area (Å²) in [5, 5.41) is 2.17. The first-order chi connectivity index (χ1) is 68.2. The normalized spacial score (nSPS) is 9.68. The molecule has 148 heavy (non-hydrogen) atoms. The van der Waals surface area contributed by atoms with E-state index in [1.165, 1.54) is 74.8 Å². The first-order valence-corrected chi connectivity index (χ1v) is 44.4. The standard InChI is InChI=1S/3C17H12N.C15H9FN.C12H7F3N.3C12H10N.C11H7FN.9Ir/c1-2-8-14(9-3-1)15-10-4-5-11-16(15)17-12-6-7-13-18-17;1-2-7-14(8-3-1)15-9-6-10-16(13-15)17-11-4-5-12-18-17;1-2-6-14(7-3-1)15-9-11-16(12-10-15)17-8-4-5-13-18-17;16-13-7-5-12(6-8-13)15-14-4-2-1-3-11(14)9-10-17-15;13-12(14,15)10-6-4-9(5-7-10)11-3-1-2-8-16-11;1-10-5-4-6-11(9-10)12-7-2-3-8-13-12;1-10-6-2-3-7-11(10)12-8-4-5-9-13-12;1-10-5-7-11(8-6-10)12-4-2-3-9-13-12;12-10-6-4-9(5-7-10)11-3-1-2-8-13-11;;;;;;;;;/h1-10,12-13H;1-9,11-13H;1-11,13H;1-5,7-10H;1-4,6-8H;2-5,7-9H,1H3;2-6,8-9H,1H3;2-7,9H,1H3;1-4,6-8H;;;;;;;;;/q9*-1;;;;;;;;;. The molecule has 22 rings (SSSR count). The Morgan fingerprint density at radius 3 is 0.986 bits per heavy atom. The van der Waals surface area contributed by atoms with Crippen LogP contribution in [0.2, 0.25) is 0 Å². The number of alkyl halides is 3.